The lowest BCUT2D eigenvalue weighted by Crippen LogP contribution is -2.79. The molecule has 1 aliphatic carbocycles. The van der Waals surface area contributed by atoms with E-state index in [4.69, 9.17) is 20.0 Å². The van der Waals surface area contributed by atoms with E-state index in [1.165, 1.54) is 11.1 Å². The molecule has 8 nitrogen and oxygen atoms in total. The van der Waals surface area contributed by atoms with E-state index < -0.39 is 0 Å². The first-order chi connectivity index (χ1) is 21.8. The van der Waals surface area contributed by atoms with Crippen molar-refractivity contribution in [3.8, 4) is 0 Å². The Kier molecular flexibility index (Phi) is 3.48. The molecule has 6 aromatic rings. The number of fused-ring (bicyclic) bond motifs is 12. The van der Waals surface area contributed by atoms with Gasteiger partial charge in [0.15, 0.2) is 22.6 Å². The van der Waals surface area contributed by atoms with Gasteiger partial charge < -0.3 is 0 Å². The van der Waals surface area contributed by atoms with Crippen LogP contribution in [0.25, 0.3) is 27.2 Å². The number of rotatable bonds is 2. The predicted octanol–water partition coefficient (Wildman–Crippen LogP) is 5.85. The first kappa shape index (κ1) is 22.0. The number of amidine groups is 1. The normalized spacial score (nSPS) is 21.8. The molecule has 0 N–H and O–H groups in total. The molecule has 2 unspecified atom stereocenters. The number of aromatic nitrogens is 2. The van der Waals surface area contributed by atoms with Gasteiger partial charge in [0.1, 0.15) is 11.4 Å². The van der Waals surface area contributed by atoms with E-state index in [0.29, 0.717) is 0 Å². The van der Waals surface area contributed by atoms with Gasteiger partial charge in [-0.25, -0.2) is 20.0 Å². The zero-order valence-electron chi connectivity index (χ0n) is 23.7. The van der Waals surface area contributed by atoms with Crippen LogP contribution in [-0.4, -0.2) is 25.9 Å². The van der Waals surface area contributed by atoms with Crippen LogP contribution in [0.15, 0.2) is 117 Å². The molecule has 7 heterocycles. The van der Waals surface area contributed by atoms with Gasteiger partial charge in [0.05, 0.1) is 0 Å². The fourth-order valence-corrected chi connectivity index (χ4v) is 8.53. The molecule has 206 valence electrons. The molecule has 0 radical (unpaired) electrons. The molecular formula is C36H23N8+. The third-order valence-corrected chi connectivity index (χ3v) is 10.2. The largest absolute Gasteiger partial charge is 0.263 e. The summed E-state index contributed by atoms with van der Waals surface area (Å²) < 4.78 is 4.69. The van der Waals surface area contributed by atoms with Crippen LogP contribution in [-0.2, 0) is 6.42 Å². The van der Waals surface area contributed by atoms with Crippen molar-refractivity contribution in [3.63, 3.8) is 0 Å². The number of aryl methyl sites for hydroxylation is 1. The van der Waals surface area contributed by atoms with Crippen LogP contribution in [0.1, 0.15) is 47.3 Å². The quantitative estimate of drug-likeness (QED) is 0.242. The number of hydrogen-bond donors (Lipinski definition) is 0. The molecule has 6 aliphatic rings. The van der Waals surface area contributed by atoms with Gasteiger partial charge in [0.2, 0.25) is 12.0 Å². The molecule has 1 spiro atoms. The van der Waals surface area contributed by atoms with Crippen LogP contribution in [0.5, 0.6) is 0 Å². The summed E-state index contributed by atoms with van der Waals surface area (Å²) in [5.41, 5.74) is 10.8. The van der Waals surface area contributed by atoms with Crippen LogP contribution >= 0.6 is 0 Å². The van der Waals surface area contributed by atoms with Crippen LogP contribution in [0, 0.1) is 0 Å². The van der Waals surface area contributed by atoms with Gasteiger partial charge in [-0.2, -0.15) is 0 Å². The SMILES string of the molecule is CCCc1ccc2c(c1)C1=Nc3c4ccccc4c4n3[N+]35C6=C(N=c7c8ccccc8c(n73)=NC2N15)c1ccccc1C6=N4. The summed E-state index contributed by atoms with van der Waals surface area (Å²) in [4.78, 5) is 22.3. The van der Waals surface area contributed by atoms with Crippen LogP contribution < -0.4 is 15.8 Å². The summed E-state index contributed by atoms with van der Waals surface area (Å²) >= 11 is 0. The van der Waals surface area contributed by atoms with Crippen molar-refractivity contribution in [1.82, 2.24) is 19.2 Å². The Balaban J connectivity index is 1.37. The van der Waals surface area contributed by atoms with Gasteiger partial charge in [-0.3, -0.25) is 0 Å². The van der Waals surface area contributed by atoms with E-state index in [1.807, 2.05) is 0 Å². The Morgan fingerprint density at radius 2 is 1.39 bits per heavy atom. The minimum absolute atomic E-state index is 0.246. The molecule has 2 atom stereocenters. The summed E-state index contributed by atoms with van der Waals surface area (Å²) in [5, 5.41) is 6.83. The van der Waals surface area contributed by atoms with E-state index in [9.17, 15) is 0 Å². The smallest absolute Gasteiger partial charge is 0.227 e. The topological polar surface area (TPSA) is 62.5 Å². The molecular weight excluding hydrogens is 544 g/mol. The van der Waals surface area contributed by atoms with E-state index >= 15 is 0 Å². The molecule has 0 saturated heterocycles. The number of allylic oxidation sites excluding steroid dienone is 1. The second-order valence-corrected chi connectivity index (χ2v) is 12.3. The Labute approximate surface area is 250 Å². The maximum Gasteiger partial charge on any atom is 0.263 e. The molecule has 8 heteroatoms. The number of nitrogens with zero attached hydrogens (tertiary/aromatic N) is 8. The van der Waals surface area contributed by atoms with Gasteiger partial charge >= 0.3 is 0 Å². The molecule has 0 saturated carbocycles. The number of quaternary nitrogens is 1. The average molecular weight is 568 g/mol. The van der Waals surface area contributed by atoms with E-state index in [1.54, 1.807) is 0 Å². The molecule has 12 rings (SSSR count). The number of hydrogen-bond acceptors (Lipinski definition) is 5. The van der Waals surface area contributed by atoms with Gasteiger partial charge in [0, 0.05) is 48.6 Å². The van der Waals surface area contributed by atoms with Crippen molar-refractivity contribution in [2.75, 3.05) is 0 Å². The summed E-state index contributed by atoms with van der Waals surface area (Å²) in [6.07, 6.45) is 1.86. The van der Waals surface area contributed by atoms with Crippen molar-refractivity contribution in [3.05, 3.63) is 135 Å². The van der Waals surface area contributed by atoms with Crippen molar-refractivity contribution in [2.24, 2.45) is 20.0 Å². The third-order valence-electron chi connectivity index (χ3n) is 10.2. The highest BCUT2D eigenvalue weighted by molar-refractivity contribution is 6.27. The fraction of sp³-hybridized carbons (Fsp3) is 0.111. The minimum atomic E-state index is -0.264. The summed E-state index contributed by atoms with van der Waals surface area (Å²) in [7, 11) is 0. The monoisotopic (exact) mass is 567 g/mol. The summed E-state index contributed by atoms with van der Waals surface area (Å²) in [5.74, 6) is 2.78. The summed E-state index contributed by atoms with van der Waals surface area (Å²) in [6, 6.07) is 32.7. The average Bonchev–Trinajstić information content (AvgIpc) is 3.77. The van der Waals surface area contributed by atoms with Crippen molar-refractivity contribution < 1.29 is 0 Å². The highest BCUT2D eigenvalue weighted by Crippen LogP contribution is 2.56. The Bertz CT molecular complexity index is 2650. The predicted molar refractivity (Wildman–Crippen MR) is 170 cm³/mol. The molecule has 44 heavy (non-hydrogen) atoms. The molecule has 5 aliphatic heterocycles. The van der Waals surface area contributed by atoms with Crippen LogP contribution in [0.3, 0.4) is 0 Å². The lowest BCUT2D eigenvalue weighted by Gasteiger charge is -2.50. The van der Waals surface area contributed by atoms with Crippen molar-refractivity contribution in [1.29, 1.82) is 0 Å². The van der Waals surface area contributed by atoms with Gasteiger partial charge in [-0.15, -0.1) is 5.01 Å². The number of aliphatic imine (C=N–C) groups is 2. The lowest BCUT2D eigenvalue weighted by molar-refractivity contribution is -0.101. The molecule has 2 aromatic heterocycles. The number of benzene rings is 4. The maximum atomic E-state index is 5.57. The molecule has 0 bridgehead atoms. The second-order valence-electron chi connectivity index (χ2n) is 12.3. The maximum absolute atomic E-state index is 5.57. The van der Waals surface area contributed by atoms with Crippen molar-refractivity contribution >= 4 is 50.4 Å². The van der Waals surface area contributed by atoms with Gasteiger partial charge in [-0.1, -0.05) is 108 Å². The minimum Gasteiger partial charge on any atom is -0.227 e. The zero-order valence-corrected chi connectivity index (χ0v) is 23.7. The highest BCUT2D eigenvalue weighted by Gasteiger charge is 2.67. The fourth-order valence-electron chi connectivity index (χ4n) is 8.53. The summed E-state index contributed by atoms with van der Waals surface area (Å²) in [6.45, 7) is 2.24. The highest BCUT2D eigenvalue weighted by atomic mass is 16.1. The molecule has 4 aromatic carbocycles. The van der Waals surface area contributed by atoms with E-state index in [0.717, 1.165) is 96.6 Å². The third kappa shape index (κ3) is 2.10. The Morgan fingerprint density at radius 1 is 0.682 bits per heavy atom. The first-order valence-electron chi connectivity index (χ1n) is 15.3. The Morgan fingerprint density at radius 3 is 2.18 bits per heavy atom. The molecule has 0 fully saturated rings. The molecule has 0 amide bonds. The van der Waals surface area contributed by atoms with E-state index in [2.05, 4.69) is 112 Å². The second kappa shape index (κ2) is 6.96. The lowest BCUT2D eigenvalue weighted by atomic mass is 10.0. The van der Waals surface area contributed by atoms with Crippen molar-refractivity contribution in [2.45, 2.75) is 25.9 Å². The standard InChI is InChI=1S/C36H23N8/c1-2-9-19-16-17-26-27(18-19)36-40-34-25-15-8-6-13-23(25)32-38-29-21-11-4-3-10-20(21)28-30(29)44(42(32)34)41-31(37-28)22-12-5-7-14-24(22)33(41)39-35(26)43(36)44/h3-8,10-18,35H,2,9H2,1H3/q+1. The van der Waals surface area contributed by atoms with Gasteiger partial charge in [-0.05, 0) is 18.1 Å². The Hall–Kier alpha value is -5.60. The van der Waals surface area contributed by atoms with Gasteiger partial charge in [0.25, 0.3) is 5.70 Å². The van der Waals surface area contributed by atoms with Crippen LogP contribution in [0.4, 0.5) is 11.6 Å². The van der Waals surface area contributed by atoms with E-state index in [-0.39, 0.29) is 11.0 Å². The first-order valence-corrected chi connectivity index (χ1v) is 15.3. The van der Waals surface area contributed by atoms with Crippen LogP contribution in [0.2, 0.25) is 0 Å². The zero-order chi connectivity index (χ0) is 28.5.